The molecule has 0 aliphatic carbocycles. The molecule has 0 spiro atoms. The number of benzene rings is 1. The van der Waals surface area contributed by atoms with Gasteiger partial charge in [-0.05, 0) is 23.6 Å². The zero-order valence-electron chi connectivity index (χ0n) is 11.6. The molecule has 0 saturated heterocycles. The van der Waals surface area contributed by atoms with E-state index in [0.717, 1.165) is 5.56 Å². The van der Waals surface area contributed by atoms with Gasteiger partial charge in [0.05, 0.1) is 12.6 Å². The van der Waals surface area contributed by atoms with Crippen LogP contribution < -0.4 is 5.32 Å². The second-order valence-corrected chi connectivity index (χ2v) is 4.61. The van der Waals surface area contributed by atoms with Crippen LogP contribution in [0.1, 0.15) is 24.8 Å². The van der Waals surface area contributed by atoms with E-state index in [0.29, 0.717) is 0 Å². The van der Waals surface area contributed by atoms with Gasteiger partial charge in [0.1, 0.15) is 5.82 Å². The number of Topliss-reactive ketones (excluding diaryl/α,β-unsaturated/α-hetero) is 1. The minimum atomic E-state index is -1.37. The summed E-state index contributed by atoms with van der Waals surface area (Å²) in [4.78, 5) is 23.7. The molecule has 0 aliphatic rings. The molecule has 108 valence electrons. The molecule has 0 radical (unpaired) electrons. The first-order valence-electron chi connectivity index (χ1n) is 6.38. The summed E-state index contributed by atoms with van der Waals surface area (Å²) in [6.07, 6.45) is 5.02. The highest BCUT2D eigenvalue weighted by molar-refractivity contribution is 6.04. The Morgan fingerprint density at radius 2 is 2.00 bits per heavy atom. The van der Waals surface area contributed by atoms with Crippen LogP contribution in [-0.2, 0) is 9.59 Å². The summed E-state index contributed by atoms with van der Waals surface area (Å²) in [6, 6.07) is 7.45. The van der Waals surface area contributed by atoms with E-state index in [9.17, 15) is 14.0 Å². The molecule has 0 aliphatic heterocycles. The molecule has 0 bridgehead atoms. The van der Waals surface area contributed by atoms with Gasteiger partial charge < -0.3 is 5.32 Å². The molecule has 1 N–H and O–H groups in total. The van der Waals surface area contributed by atoms with Gasteiger partial charge in [-0.3, -0.25) is 9.59 Å². The van der Waals surface area contributed by atoms with Crippen LogP contribution in [0.4, 0.5) is 4.39 Å². The average molecular weight is 286 g/mol. The number of hydrogen-bond donors (Lipinski definition) is 1. The Bertz CT molecular complexity index is 596. The molecule has 4 nitrogen and oxygen atoms in total. The van der Waals surface area contributed by atoms with E-state index in [2.05, 4.69) is 11.2 Å². The van der Waals surface area contributed by atoms with Crippen LogP contribution in [0, 0.1) is 35.4 Å². The number of carbonyl (C=O) groups is 2. The van der Waals surface area contributed by atoms with Gasteiger partial charge in [-0.15, -0.1) is 6.42 Å². The van der Waals surface area contributed by atoms with E-state index >= 15 is 0 Å². The number of nitriles is 1. The third-order valence-corrected chi connectivity index (χ3v) is 3.02. The number of hydrogen-bond acceptors (Lipinski definition) is 3. The van der Waals surface area contributed by atoms with Crippen molar-refractivity contribution in [3.8, 4) is 18.4 Å². The number of nitrogens with one attached hydrogen (secondary N) is 1. The van der Waals surface area contributed by atoms with Crippen molar-refractivity contribution in [2.75, 3.05) is 6.54 Å². The Labute approximate surface area is 123 Å². The van der Waals surface area contributed by atoms with Crippen LogP contribution in [0.5, 0.6) is 0 Å². The van der Waals surface area contributed by atoms with Crippen molar-refractivity contribution >= 4 is 11.7 Å². The number of carbonyl (C=O) groups excluding carboxylic acids is 2. The highest BCUT2D eigenvalue weighted by atomic mass is 19.1. The fraction of sp³-hybridized carbons (Fsp3) is 0.312. The Kier molecular flexibility index (Phi) is 6.10. The molecule has 0 saturated carbocycles. The molecule has 1 aromatic rings. The average Bonchev–Trinajstić information content (AvgIpc) is 2.46. The number of halogens is 1. The normalized spacial score (nSPS) is 12.6. The molecule has 1 aromatic carbocycles. The molecule has 0 aromatic heterocycles. The smallest absolute Gasteiger partial charge is 0.245 e. The number of terminal acetylenes is 1. The van der Waals surface area contributed by atoms with Crippen LogP contribution in [0.25, 0.3) is 0 Å². The van der Waals surface area contributed by atoms with E-state index in [1.807, 2.05) is 0 Å². The van der Waals surface area contributed by atoms with Crippen molar-refractivity contribution in [2.24, 2.45) is 5.92 Å². The SMILES string of the molecule is C#CCNC(=O)[C@H](C#N)C(=O)C[C@H](C)c1ccc(F)cc1. The molecule has 0 unspecified atom stereocenters. The zero-order chi connectivity index (χ0) is 15.8. The van der Waals surface area contributed by atoms with E-state index in [1.165, 1.54) is 12.1 Å². The van der Waals surface area contributed by atoms with Crippen molar-refractivity contribution in [3.05, 3.63) is 35.6 Å². The Morgan fingerprint density at radius 1 is 1.38 bits per heavy atom. The fourth-order valence-electron chi connectivity index (χ4n) is 1.85. The Balaban J connectivity index is 2.70. The molecule has 5 heteroatoms. The fourth-order valence-corrected chi connectivity index (χ4v) is 1.85. The summed E-state index contributed by atoms with van der Waals surface area (Å²) >= 11 is 0. The maximum absolute atomic E-state index is 12.8. The van der Waals surface area contributed by atoms with Gasteiger partial charge in [0.2, 0.25) is 5.91 Å². The summed E-state index contributed by atoms with van der Waals surface area (Å²) in [5.74, 6) is -0.918. The summed E-state index contributed by atoms with van der Waals surface area (Å²) in [6.45, 7) is 1.75. The van der Waals surface area contributed by atoms with Crippen LogP contribution in [0.15, 0.2) is 24.3 Å². The first-order chi connectivity index (χ1) is 9.99. The lowest BCUT2D eigenvalue weighted by atomic mass is 9.91. The molecule has 2 atom stereocenters. The van der Waals surface area contributed by atoms with Crippen molar-refractivity contribution in [3.63, 3.8) is 0 Å². The summed E-state index contributed by atoms with van der Waals surface area (Å²) < 4.78 is 12.8. The number of ketones is 1. The lowest BCUT2D eigenvalue weighted by molar-refractivity contribution is -0.131. The van der Waals surface area contributed by atoms with Gasteiger partial charge in [0, 0.05) is 6.42 Å². The third-order valence-electron chi connectivity index (χ3n) is 3.02. The van der Waals surface area contributed by atoms with Crippen molar-refractivity contribution in [1.82, 2.24) is 5.32 Å². The molecule has 0 fully saturated rings. The first-order valence-corrected chi connectivity index (χ1v) is 6.38. The van der Waals surface area contributed by atoms with Crippen LogP contribution in [0.2, 0.25) is 0 Å². The van der Waals surface area contributed by atoms with E-state index in [1.54, 1.807) is 25.1 Å². The second-order valence-electron chi connectivity index (χ2n) is 4.61. The lowest BCUT2D eigenvalue weighted by Crippen LogP contribution is -2.35. The Morgan fingerprint density at radius 3 is 2.52 bits per heavy atom. The van der Waals surface area contributed by atoms with Crippen LogP contribution in [0.3, 0.4) is 0 Å². The summed E-state index contributed by atoms with van der Waals surface area (Å²) in [7, 11) is 0. The monoisotopic (exact) mass is 286 g/mol. The first kappa shape index (κ1) is 16.4. The summed E-state index contributed by atoms with van der Waals surface area (Å²) in [5, 5.41) is 11.3. The molecule has 1 amide bonds. The molecule has 0 heterocycles. The van der Waals surface area contributed by atoms with Gasteiger partial charge in [0.25, 0.3) is 0 Å². The zero-order valence-corrected chi connectivity index (χ0v) is 11.6. The predicted octanol–water partition coefficient (Wildman–Crippen LogP) is 1.78. The Hall–Kier alpha value is -2.66. The van der Waals surface area contributed by atoms with Gasteiger partial charge in [-0.25, -0.2) is 4.39 Å². The van der Waals surface area contributed by atoms with E-state index in [4.69, 9.17) is 11.7 Å². The molecular formula is C16H15FN2O2. The maximum Gasteiger partial charge on any atom is 0.245 e. The standard InChI is InChI=1S/C16H15FN2O2/c1-3-8-19-16(21)14(10-18)15(20)9-11(2)12-4-6-13(17)7-5-12/h1,4-7,11,14H,8-9H2,2H3,(H,19,21)/t11-,14+/m0/s1. The van der Waals surface area contributed by atoms with Crippen LogP contribution >= 0.6 is 0 Å². The van der Waals surface area contributed by atoms with Gasteiger partial charge in [-0.2, -0.15) is 5.26 Å². The number of amides is 1. The van der Waals surface area contributed by atoms with Crippen molar-refractivity contribution < 1.29 is 14.0 Å². The van der Waals surface area contributed by atoms with Crippen LogP contribution in [-0.4, -0.2) is 18.2 Å². The largest absolute Gasteiger partial charge is 0.344 e. The minimum Gasteiger partial charge on any atom is -0.344 e. The topological polar surface area (TPSA) is 70.0 Å². The third kappa shape index (κ3) is 4.74. The van der Waals surface area contributed by atoms with Gasteiger partial charge >= 0.3 is 0 Å². The van der Waals surface area contributed by atoms with E-state index in [-0.39, 0.29) is 24.7 Å². The van der Waals surface area contributed by atoms with E-state index < -0.39 is 17.6 Å². The van der Waals surface area contributed by atoms with Gasteiger partial charge in [0.15, 0.2) is 11.7 Å². The number of rotatable bonds is 6. The molecule has 21 heavy (non-hydrogen) atoms. The lowest BCUT2D eigenvalue weighted by Gasteiger charge is -2.13. The number of nitrogens with zero attached hydrogens (tertiary/aromatic N) is 1. The second kappa shape index (κ2) is 7.81. The molecule has 1 rings (SSSR count). The minimum absolute atomic E-state index is 0.0212. The van der Waals surface area contributed by atoms with Crippen molar-refractivity contribution in [1.29, 1.82) is 5.26 Å². The highest BCUT2D eigenvalue weighted by Crippen LogP contribution is 2.21. The molecular weight excluding hydrogens is 271 g/mol. The van der Waals surface area contributed by atoms with Crippen molar-refractivity contribution in [2.45, 2.75) is 19.3 Å². The maximum atomic E-state index is 12.8. The predicted molar refractivity (Wildman–Crippen MR) is 75.4 cm³/mol. The summed E-state index contributed by atoms with van der Waals surface area (Å²) in [5.41, 5.74) is 0.769. The quantitative estimate of drug-likeness (QED) is 0.640. The highest BCUT2D eigenvalue weighted by Gasteiger charge is 2.27. The van der Waals surface area contributed by atoms with Gasteiger partial charge in [-0.1, -0.05) is 25.0 Å².